The second-order valence-corrected chi connectivity index (χ2v) is 3.94. The summed E-state index contributed by atoms with van der Waals surface area (Å²) in [6.07, 6.45) is 1.38. The van der Waals surface area contributed by atoms with Gasteiger partial charge in [0.25, 0.3) is 5.91 Å². The highest BCUT2D eigenvalue weighted by molar-refractivity contribution is 6.21. The van der Waals surface area contributed by atoms with Crippen molar-refractivity contribution in [2.45, 2.75) is 6.92 Å². The predicted octanol–water partition coefficient (Wildman–Crippen LogP) is 1.17. The number of hydrogen-bond acceptors (Lipinski definition) is 5. The van der Waals surface area contributed by atoms with Crippen molar-refractivity contribution in [3.05, 3.63) is 23.3 Å². The van der Waals surface area contributed by atoms with E-state index in [1.54, 1.807) is 12.1 Å². The third-order valence-corrected chi connectivity index (χ3v) is 2.64. The zero-order chi connectivity index (χ0) is 15.3. The number of rotatable bonds is 6. The van der Waals surface area contributed by atoms with E-state index in [-0.39, 0.29) is 5.57 Å². The second kappa shape index (κ2) is 6.60. The van der Waals surface area contributed by atoms with E-state index in [0.717, 1.165) is 0 Å². The van der Waals surface area contributed by atoms with E-state index < -0.39 is 11.7 Å². The Kier molecular flexibility index (Phi) is 5.14. The molecule has 0 radical (unpaired) electrons. The number of carbonyl (C=O) groups is 2. The normalized spacial score (nSPS) is 10.9. The van der Waals surface area contributed by atoms with Crippen LogP contribution in [0, 0.1) is 0 Å². The summed E-state index contributed by atoms with van der Waals surface area (Å²) >= 11 is 0. The zero-order valence-corrected chi connectivity index (χ0v) is 11.9. The Morgan fingerprint density at radius 1 is 1.05 bits per heavy atom. The lowest BCUT2D eigenvalue weighted by molar-refractivity contribution is -0.119. The van der Waals surface area contributed by atoms with Gasteiger partial charge in [-0.3, -0.25) is 9.59 Å². The molecule has 0 saturated carbocycles. The molecular formula is C14H17NO5. The first-order valence-corrected chi connectivity index (χ1v) is 5.77. The Labute approximate surface area is 117 Å². The van der Waals surface area contributed by atoms with Crippen LogP contribution in [0.25, 0.3) is 6.08 Å². The standard InChI is InChI=1S/C14H17NO5/c1-8(16)10(14(15)17)5-9-6-11(18-2)13(20-4)12(7-9)19-3/h5-7H,1-4H3,(H2,15,17)/b10-5-. The van der Waals surface area contributed by atoms with Gasteiger partial charge in [-0.2, -0.15) is 0 Å². The second-order valence-electron chi connectivity index (χ2n) is 3.94. The number of ether oxygens (including phenoxy) is 3. The summed E-state index contributed by atoms with van der Waals surface area (Å²) in [4.78, 5) is 22.6. The molecule has 0 aromatic heterocycles. The van der Waals surface area contributed by atoms with Crippen molar-refractivity contribution in [3.63, 3.8) is 0 Å². The zero-order valence-electron chi connectivity index (χ0n) is 11.9. The highest BCUT2D eigenvalue weighted by Crippen LogP contribution is 2.38. The number of ketones is 1. The average molecular weight is 279 g/mol. The first-order valence-electron chi connectivity index (χ1n) is 5.77. The number of nitrogens with two attached hydrogens (primary N) is 1. The molecule has 1 aromatic rings. The molecular weight excluding hydrogens is 262 g/mol. The van der Waals surface area contributed by atoms with Gasteiger partial charge in [-0.25, -0.2) is 0 Å². The Hall–Kier alpha value is -2.50. The highest BCUT2D eigenvalue weighted by Gasteiger charge is 2.15. The average Bonchev–Trinajstić information content (AvgIpc) is 2.42. The SMILES string of the molecule is COc1cc(/C=C(/C(C)=O)C(N)=O)cc(OC)c1OC. The third-order valence-electron chi connectivity index (χ3n) is 2.64. The van der Waals surface area contributed by atoms with E-state index >= 15 is 0 Å². The number of primary amides is 1. The number of Topliss-reactive ketones (excluding diaryl/α,β-unsaturated/α-hetero) is 1. The largest absolute Gasteiger partial charge is 0.493 e. The molecule has 2 N–H and O–H groups in total. The van der Waals surface area contributed by atoms with E-state index in [4.69, 9.17) is 19.9 Å². The van der Waals surface area contributed by atoms with E-state index in [0.29, 0.717) is 22.8 Å². The Morgan fingerprint density at radius 3 is 1.85 bits per heavy atom. The summed E-state index contributed by atoms with van der Waals surface area (Å²) < 4.78 is 15.6. The molecule has 0 aliphatic rings. The fourth-order valence-electron chi connectivity index (χ4n) is 1.70. The molecule has 0 aliphatic carbocycles. The molecule has 0 unspecified atom stereocenters. The molecule has 0 bridgehead atoms. The van der Waals surface area contributed by atoms with Crippen LogP contribution in [-0.2, 0) is 9.59 Å². The van der Waals surface area contributed by atoms with Crippen molar-refractivity contribution >= 4 is 17.8 Å². The summed E-state index contributed by atoms with van der Waals surface area (Å²) in [5.74, 6) is 0.0732. The highest BCUT2D eigenvalue weighted by atomic mass is 16.5. The van der Waals surface area contributed by atoms with Gasteiger partial charge in [0.15, 0.2) is 17.3 Å². The van der Waals surface area contributed by atoms with E-state index in [1.165, 1.54) is 34.3 Å². The van der Waals surface area contributed by atoms with Crippen LogP contribution in [0.15, 0.2) is 17.7 Å². The Morgan fingerprint density at radius 2 is 1.55 bits per heavy atom. The molecule has 108 valence electrons. The minimum Gasteiger partial charge on any atom is -0.493 e. The molecule has 1 aromatic carbocycles. The lowest BCUT2D eigenvalue weighted by Crippen LogP contribution is -2.18. The van der Waals surface area contributed by atoms with E-state index in [2.05, 4.69) is 0 Å². The maximum absolute atomic E-state index is 11.4. The van der Waals surface area contributed by atoms with E-state index in [1.807, 2.05) is 0 Å². The van der Waals surface area contributed by atoms with Crippen molar-refractivity contribution in [3.8, 4) is 17.2 Å². The van der Waals surface area contributed by atoms with Crippen LogP contribution in [-0.4, -0.2) is 33.0 Å². The molecule has 0 atom stereocenters. The molecule has 1 rings (SSSR count). The lowest BCUT2D eigenvalue weighted by atomic mass is 10.1. The molecule has 0 aliphatic heterocycles. The van der Waals surface area contributed by atoms with Gasteiger partial charge in [-0.15, -0.1) is 0 Å². The predicted molar refractivity (Wildman–Crippen MR) is 74.0 cm³/mol. The number of benzene rings is 1. The van der Waals surface area contributed by atoms with Crippen LogP contribution >= 0.6 is 0 Å². The molecule has 0 fully saturated rings. The van der Waals surface area contributed by atoms with Gasteiger partial charge < -0.3 is 19.9 Å². The first kappa shape index (κ1) is 15.6. The summed E-state index contributed by atoms with van der Waals surface area (Å²) in [5, 5.41) is 0. The maximum atomic E-state index is 11.4. The minimum atomic E-state index is -0.786. The molecule has 0 saturated heterocycles. The minimum absolute atomic E-state index is 0.0979. The van der Waals surface area contributed by atoms with Crippen LogP contribution in [0.1, 0.15) is 12.5 Å². The number of carbonyl (C=O) groups excluding carboxylic acids is 2. The topological polar surface area (TPSA) is 87.9 Å². The number of amides is 1. The van der Waals surface area contributed by atoms with Gasteiger partial charge in [0, 0.05) is 0 Å². The summed E-state index contributed by atoms with van der Waals surface area (Å²) in [7, 11) is 4.44. The van der Waals surface area contributed by atoms with Gasteiger partial charge in [0.2, 0.25) is 5.75 Å². The monoisotopic (exact) mass is 279 g/mol. The molecule has 6 heteroatoms. The van der Waals surface area contributed by atoms with Crippen LogP contribution in [0.2, 0.25) is 0 Å². The number of hydrogen-bond donors (Lipinski definition) is 1. The van der Waals surface area contributed by atoms with Crippen LogP contribution in [0.4, 0.5) is 0 Å². The fourth-order valence-corrected chi connectivity index (χ4v) is 1.70. The van der Waals surface area contributed by atoms with Crippen LogP contribution in [0.3, 0.4) is 0 Å². The maximum Gasteiger partial charge on any atom is 0.252 e. The fraction of sp³-hybridized carbons (Fsp3) is 0.286. The third kappa shape index (κ3) is 3.28. The summed E-state index contributed by atoms with van der Waals surface area (Å²) in [6, 6.07) is 3.24. The van der Waals surface area contributed by atoms with Gasteiger partial charge in [-0.05, 0) is 30.7 Å². The van der Waals surface area contributed by atoms with Crippen molar-refractivity contribution in [1.82, 2.24) is 0 Å². The molecule has 20 heavy (non-hydrogen) atoms. The summed E-state index contributed by atoms with van der Waals surface area (Å²) in [5.41, 5.74) is 5.61. The first-order chi connectivity index (χ1) is 9.44. The molecule has 0 heterocycles. The van der Waals surface area contributed by atoms with Gasteiger partial charge in [-0.1, -0.05) is 0 Å². The molecule has 0 spiro atoms. The van der Waals surface area contributed by atoms with Crippen LogP contribution in [0.5, 0.6) is 17.2 Å². The Balaban J connectivity index is 3.43. The summed E-state index contributed by atoms with van der Waals surface area (Å²) in [6.45, 7) is 1.27. The van der Waals surface area contributed by atoms with Gasteiger partial charge in [0.05, 0.1) is 26.9 Å². The molecule has 6 nitrogen and oxygen atoms in total. The van der Waals surface area contributed by atoms with Crippen molar-refractivity contribution in [1.29, 1.82) is 0 Å². The van der Waals surface area contributed by atoms with Crippen molar-refractivity contribution in [2.24, 2.45) is 5.73 Å². The van der Waals surface area contributed by atoms with Gasteiger partial charge >= 0.3 is 0 Å². The smallest absolute Gasteiger partial charge is 0.252 e. The van der Waals surface area contributed by atoms with Crippen LogP contribution < -0.4 is 19.9 Å². The van der Waals surface area contributed by atoms with Crippen molar-refractivity contribution < 1.29 is 23.8 Å². The van der Waals surface area contributed by atoms with Crippen molar-refractivity contribution in [2.75, 3.05) is 21.3 Å². The lowest BCUT2D eigenvalue weighted by Gasteiger charge is -2.13. The quantitative estimate of drug-likeness (QED) is 0.480. The Bertz CT molecular complexity index is 522. The number of methoxy groups -OCH3 is 3. The van der Waals surface area contributed by atoms with E-state index in [9.17, 15) is 9.59 Å². The molecule has 1 amide bonds. The van der Waals surface area contributed by atoms with Gasteiger partial charge in [0.1, 0.15) is 0 Å².